The van der Waals surface area contributed by atoms with E-state index in [9.17, 15) is 0 Å². The van der Waals surface area contributed by atoms with Gasteiger partial charge in [0.25, 0.3) is 0 Å². The van der Waals surface area contributed by atoms with Crippen molar-refractivity contribution in [1.82, 2.24) is 0 Å². The van der Waals surface area contributed by atoms with E-state index in [0.717, 1.165) is 0 Å². The quantitative estimate of drug-likeness (QED) is 0.360. The summed E-state index contributed by atoms with van der Waals surface area (Å²) in [5.41, 5.74) is 0. The third-order valence-electron chi connectivity index (χ3n) is 0. The Morgan fingerprint density at radius 1 is 0.400 bits per heavy atom. The molecule has 0 aliphatic carbocycles. The molecule has 0 fully saturated rings. The van der Waals surface area contributed by atoms with Crippen molar-refractivity contribution in [3.63, 3.8) is 0 Å². The van der Waals surface area contributed by atoms with E-state index >= 15 is 0 Å². The first kappa shape index (κ1) is 79.7. The van der Waals surface area contributed by atoms with Gasteiger partial charge in [0.05, 0.1) is 0 Å². The summed E-state index contributed by atoms with van der Waals surface area (Å²) in [4.78, 5) is 0. The van der Waals surface area contributed by atoms with Crippen molar-refractivity contribution < 1.29 is 68.1 Å². The van der Waals surface area contributed by atoms with Crippen LogP contribution < -0.4 is 0 Å². The van der Waals surface area contributed by atoms with Crippen LogP contribution in [0.15, 0.2) is 0 Å². The molecule has 5 heavy (non-hydrogen) atoms. The zero-order valence-corrected chi connectivity index (χ0v) is 6.26. The third-order valence-corrected chi connectivity index (χ3v) is 0. The van der Waals surface area contributed by atoms with Crippen LogP contribution in [0.2, 0.25) is 0 Å². The van der Waals surface area contributed by atoms with Crippen molar-refractivity contribution in [3.05, 3.63) is 0 Å². The van der Waals surface area contributed by atoms with Gasteiger partial charge in [-0.05, 0) is 0 Å². The summed E-state index contributed by atoms with van der Waals surface area (Å²) in [6, 6.07) is 0. The van der Waals surface area contributed by atoms with Gasteiger partial charge in [-0.2, -0.15) is 0 Å². The van der Waals surface area contributed by atoms with E-state index < -0.39 is 0 Å². The van der Waals surface area contributed by atoms with E-state index in [2.05, 4.69) is 0 Å². The summed E-state index contributed by atoms with van der Waals surface area (Å²) in [7, 11) is 0. The molecule has 0 aromatic carbocycles. The molecule has 0 amide bonds. The normalized spacial score (nSPS) is 0. The Bertz CT molecular complexity index is 4.85. The van der Waals surface area contributed by atoms with Crippen LogP contribution >= 0.6 is 0 Å². The second-order valence-corrected chi connectivity index (χ2v) is 0. The molecule has 0 saturated carbocycles. The Morgan fingerprint density at radius 3 is 0.400 bits per heavy atom. The van der Waals surface area contributed by atoms with Crippen LogP contribution in [0.5, 0.6) is 0 Å². The van der Waals surface area contributed by atoms with E-state index in [1.54, 1.807) is 0 Å². The fourth-order valence-electron chi connectivity index (χ4n) is 0. The Balaban J connectivity index is 0. The molecular formula is H6O3Sc2. The van der Waals surface area contributed by atoms with Crippen molar-refractivity contribution >= 4 is 0 Å². The van der Waals surface area contributed by atoms with E-state index in [1.807, 2.05) is 0 Å². The Labute approximate surface area is 67.6 Å². The fourth-order valence-corrected chi connectivity index (χ4v) is 0. The zero-order valence-electron chi connectivity index (χ0n) is 2.65. The molecule has 0 rings (SSSR count). The second-order valence-electron chi connectivity index (χ2n) is 0. The van der Waals surface area contributed by atoms with Gasteiger partial charge in [0.15, 0.2) is 0 Å². The van der Waals surface area contributed by atoms with Crippen molar-refractivity contribution in [2.45, 2.75) is 0 Å². The molecule has 3 nitrogen and oxygen atoms in total. The first-order valence-electron chi connectivity index (χ1n) is 0. The topological polar surface area (TPSA) is 94.5 Å². The predicted octanol–water partition coefficient (Wildman–Crippen LogP) is -2.48. The molecule has 0 aromatic heterocycles. The molecule has 0 aliphatic rings. The van der Waals surface area contributed by atoms with Gasteiger partial charge < -0.3 is 16.4 Å². The molecule has 0 atom stereocenters. The number of hydrogen-bond donors (Lipinski definition) is 0. The summed E-state index contributed by atoms with van der Waals surface area (Å²) in [6.07, 6.45) is 0. The van der Waals surface area contributed by atoms with E-state index in [1.165, 1.54) is 0 Å². The first-order chi connectivity index (χ1) is 0. The molecule has 5 heteroatoms. The van der Waals surface area contributed by atoms with Crippen LogP contribution in [0.25, 0.3) is 0 Å². The molecule has 0 aromatic rings. The van der Waals surface area contributed by atoms with Crippen LogP contribution in [0, 0.1) is 0 Å². The number of rotatable bonds is 0. The minimum atomic E-state index is 0. The maximum atomic E-state index is 0. The van der Waals surface area contributed by atoms with Crippen molar-refractivity contribution in [3.8, 4) is 0 Å². The molecule has 0 saturated heterocycles. The molecule has 0 aliphatic heterocycles. The van der Waals surface area contributed by atoms with Gasteiger partial charge in [0.2, 0.25) is 0 Å². The maximum absolute atomic E-state index is 0. The van der Waals surface area contributed by atoms with Gasteiger partial charge in [-0.3, -0.25) is 0 Å². The maximum Gasteiger partial charge on any atom is 0 e. The molecule has 30 valence electrons. The summed E-state index contributed by atoms with van der Waals surface area (Å²) in [6.45, 7) is 0. The Kier molecular flexibility index (Phi) is 728. The Morgan fingerprint density at radius 2 is 0.400 bits per heavy atom. The monoisotopic (exact) mass is 144 g/mol. The van der Waals surface area contributed by atoms with Crippen molar-refractivity contribution in [1.29, 1.82) is 0 Å². The Hall–Kier alpha value is 1.62. The average Bonchev–Trinajstić information content (AvgIpc) is 0. The van der Waals surface area contributed by atoms with Gasteiger partial charge in [-0.1, -0.05) is 0 Å². The molecule has 0 spiro atoms. The molecule has 0 unspecified atom stereocenters. The molecule has 0 heterocycles. The van der Waals surface area contributed by atoms with E-state index in [-0.39, 0.29) is 68.1 Å². The van der Waals surface area contributed by atoms with Gasteiger partial charge in [0.1, 0.15) is 0 Å². The van der Waals surface area contributed by atoms with Gasteiger partial charge >= 0.3 is 0 Å². The van der Waals surface area contributed by atoms with Gasteiger partial charge in [0, 0.05) is 51.7 Å². The average molecular weight is 144 g/mol. The molecule has 2 radical (unpaired) electrons. The largest absolute Gasteiger partial charge is 0.412 e. The zero-order chi connectivity index (χ0) is 0. The predicted molar refractivity (Wildman–Crippen MR) is 10.8 cm³/mol. The summed E-state index contributed by atoms with van der Waals surface area (Å²) in [5, 5.41) is 0. The third kappa shape index (κ3) is 28.1. The minimum Gasteiger partial charge on any atom is -0.412 e. The molecular weight excluding hydrogens is 138 g/mol. The van der Waals surface area contributed by atoms with Crippen LogP contribution in [-0.4, -0.2) is 16.4 Å². The van der Waals surface area contributed by atoms with Crippen molar-refractivity contribution in [2.75, 3.05) is 0 Å². The standard InChI is InChI=1S/3H2O.2Sc/h3*1H2;;. The summed E-state index contributed by atoms with van der Waals surface area (Å²) >= 11 is 0. The first-order valence-corrected chi connectivity index (χ1v) is 0. The van der Waals surface area contributed by atoms with E-state index in [4.69, 9.17) is 0 Å². The SMILES string of the molecule is O.O.O.[Sc].[Sc]. The van der Waals surface area contributed by atoms with Crippen LogP contribution in [0.3, 0.4) is 0 Å². The summed E-state index contributed by atoms with van der Waals surface area (Å²) < 4.78 is 0. The second kappa shape index (κ2) is 45.7. The number of hydrogen-bond acceptors (Lipinski definition) is 0. The molecule has 0 bridgehead atoms. The van der Waals surface area contributed by atoms with Crippen molar-refractivity contribution in [2.24, 2.45) is 0 Å². The molecule has 6 N–H and O–H groups in total. The van der Waals surface area contributed by atoms with Gasteiger partial charge in [-0.15, -0.1) is 0 Å². The van der Waals surface area contributed by atoms with Gasteiger partial charge in [-0.25, -0.2) is 0 Å². The van der Waals surface area contributed by atoms with Crippen LogP contribution in [0.4, 0.5) is 0 Å². The van der Waals surface area contributed by atoms with Crippen LogP contribution in [-0.2, 0) is 51.7 Å². The minimum absolute atomic E-state index is 0. The summed E-state index contributed by atoms with van der Waals surface area (Å²) in [5.74, 6) is 0. The smallest absolute Gasteiger partial charge is 0 e. The van der Waals surface area contributed by atoms with Crippen LogP contribution in [0.1, 0.15) is 0 Å². The van der Waals surface area contributed by atoms with E-state index in [0.29, 0.717) is 0 Å². The fraction of sp³-hybridized carbons (Fsp3) is 0.